The first-order chi connectivity index (χ1) is 13.1. The van der Waals surface area contributed by atoms with E-state index >= 15 is 0 Å². The van der Waals surface area contributed by atoms with E-state index in [0.717, 1.165) is 10.9 Å². The highest BCUT2D eigenvalue weighted by Gasteiger charge is 2.22. The zero-order valence-electron chi connectivity index (χ0n) is 14.4. The summed E-state index contributed by atoms with van der Waals surface area (Å²) in [7, 11) is 0. The number of benzene rings is 2. The van der Waals surface area contributed by atoms with Crippen molar-refractivity contribution in [2.75, 3.05) is 0 Å². The summed E-state index contributed by atoms with van der Waals surface area (Å²) >= 11 is 0. The van der Waals surface area contributed by atoms with Gasteiger partial charge in [-0.2, -0.15) is 0 Å². The third-order valence-corrected chi connectivity index (χ3v) is 4.69. The van der Waals surface area contributed by atoms with E-state index in [9.17, 15) is 14.6 Å². The van der Waals surface area contributed by atoms with Crippen LogP contribution in [0.3, 0.4) is 0 Å². The molecule has 27 heavy (non-hydrogen) atoms. The molecule has 0 radical (unpaired) electrons. The van der Waals surface area contributed by atoms with Crippen LogP contribution in [0.4, 0.5) is 4.39 Å². The lowest BCUT2D eigenvalue weighted by Gasteiger charge is -2.20. The number of hydrogen-bond acceptors (Lipinski definition) is 4. The Balaban J connectivity index is 1.86. The number of fused-ring (bicyclic) bond motifs is 1. The van der Waals surface area contributed by atoms with Crippen molar-refractivity contribution in [2.45, 2.75) is 12.3 Å². The minimum absolute atomic E-state index is 0.0813. The molecule has 4 aromatic rings. The summed E-state index contributed by atoms with van der Waals surface area (Å²) in [6.07, 6.45) is 3.59. The maximum absolute atomic E-state index is 13.4. The van der Waals surface area contributed by atoms with E-state index in [1.807, 2.05) is 24.3 Å². The molecule has 4 nitrogen and oxygen atoms in total. The second-order valence-electron chi connectivity index (χ2n) is 6.36. The Bertz CT molecular complexity index is 1100. The average molecular weight is 360 g/mol. The normalized spacial score (nSPS) is 12.2. The Morgan fingerprint density at radius 2 is 1.59 bits per heavy atom. The third-order valence-electron chi connectivity index (χ3n) is 4.69. The van der Waals surface area contributed by atoms with Gasteiger partial charge in [0.25, 0.3) is 0 Å². The van der Waals surface area contributed by atoms with Gasteiger partial charge in [-0.05, 0) is 35.9 Å². The van der Waals surface area contributed by atoms with Crippen molar-refractivity contribution in [1.82, 2.24) is 9.97 Å². The number of pyridine rings is 2. The Labute approximate surface area is 155 Å². The van der Waals surface area contributed by atoms with Gasteiger partial charge < -0.3 is 10.2 Å². The lowest BCUT2D eigenvalue weighted by molar-refractivity contribution is 0.457. The fraction of sp³-hybridized carbons (Fsp3) is 0.0909. The molecular formula is C22H17FN2O2. The molecule has 0 saturated carbocycles. The van der Waals surface area contributed by atoms with Crippen molar-refractivity contribution in [3.05, 3.63) is 95.7 Å². The number of aromatic hydroxyl groups is 2. The first kappa shape index (κ1) is 17.0. The van der Waals surface area contributed by atoms with Crippen molar-refractivity contribution in [3.63, 3.8) is 0 Å². The molecule has 0 amide bonds. The number of aromatic nitrogens is 2. The zero-order valence-corrected chi connectivity index (χ0v) is 14.4. The molecule has 4 rings (SSSR count). The van der Waals surface area contributed by atoms with Gasteiger partial charge in [0.1, 0.15) is 22.8 Å². The predicted molar refractivity (Wildman–Crippen MR) is 101 cm³/mol. The fourth-order valence-electron chi connectivity index (χ4n) is 3.31. The van der Waals surface area contributed by atoms with Gasteiger partial charge in [-0.1, -0.05) is 30.3 Å². The van der Waals surface area contributed by atoms with E-state index in [-0.39, 0.29) is 23.2 Å². The summed E-state index contributed by atoms with van der Waals surface area (Å²) in [5.74, 6) is -0.485. The second-order valence-corrected chi connectivity index (χ2v) is 6.36. The Kier molecular flexibility index (Phi) is 4.42. The van der Waals surface area contributed by atoms with Gasteiger partial charge in [-0.25, -0.2) is 4.39 Å². The molecule has 2 aromatic heterocycles. The molecular weight excluding hydrogens is 343 g/mol. The Morgan fingerprint density at radius 1 is 0.852 bits per heavy atom. The first-order valence-corrected chi connectivity index (χ1v) is 8.58. The van der Waals surface area contributed by atoms with Crippen molar-refractivity contribution in [2.24, 2.45) is 0 Å². The van der Waals surface area contributed by atoms with Crippen molar-refractivity contribution < 1.29 is 14.6 Å². The number of phenolic OH excluding ortho intramolecular Hbond substituents is 1. The smallest absolute Gasteiger partial charge is 0.145 e. The van der Waals surface area contributed by atoms with Gasteiger partial charge in [0.15, 0.2) is 0 Å². The van der Waals surface area contributed by atoms with E-state index in [0.29, 0.717) is 23.2 Å². The minimum atomic E-state index is -0.331. The molecule has 0 aliphatic rings. The number of hydrogen-bond donors (Lipinski definition) is 2. The topological polar surface area (TPSA) is 66.2 Å². The summed E-state index contributed by atoms with van der Waals surface area (Å²) in [4.78, 5) is 8.54. The molecule has 2 aromatic carbocycles. The monoisotopic (exact) mass is 360 g/mol. The van der Waals surface area contributed by atoms with Crippen LogP contribution >= 0.6 is 0 Å². The number of phenols is 1. The molecule has 0 spiro atoms. The van der Waals surface area contributed by atoms with E-state index in [1.165, 1.54) is 12.1 Å². The average Bonchev–Trinajstić information content (AvgIpc) is 2.69. The van der Waals surface area contributed by atoms with E-state index in [2.05, 4.69) is 9.97 Å². The molecule has 0 fully saturated rings. The molecule has 2 N–H and O–H groups in total. The summed E-state index contributed by atoms with van der Waals surface area (Å²) in [6, 6.07) is 16.8. The third kappa shape index (κ3) is 3.31. The SMILES string of the molecule is Oc1cccnc1CC(c1ccc(F)cc1)c1ccc2cccnc2c1O. The molecule has 134 valence electrons. The minimum Gasteiger partial charge on any atom is -0.506 e. The van der Waals surface area contributed by atoms with Crippen LogP contribution in [0.1, 0.15) is 22.7 Å². The molecule has 0 saturated heterocycles. The zero-order chi connectivity index (χ0) is 18.8. The van der Waals surface area contributed by atoms with Crippen molar-refractivity contribution in [1.29, 1.82) is 0 Å². The molecule has 1 unspecified atom stereocenters. The lowest BCUT2D eigenvalue weighted by Crippen LogP contribution is -2.07. The Morgan fingerprint density at radius 3 is 2.37 bits per heavy atom. The molecule has 0 bridgehead atoms. The maximum Gasteiger partial charge on any atom is 0.145 e. The van der Waals surface area contributed by atoms with Gasteiger partial charge in [-0.3, -0.25) is 9.97 Å². The number of halogens is 1. The van der Waals surface area contributed by atoms with Crippen LogP contribution < -0.4 is 0 Å². The summed E-state index contributed by atoms with van der Waals surface area (Å²) in [6.45, 7) is 0. The number of nitrogens with zero attached hydrogens (tertiary/aromatic N) is 2. The quantitative estimate of drug-likeness (QED) is 0.560. The van der Waals surface area contributed by atoms with E-state index < -0.39 is 0 Å². The summed E-state index contributed by atoms with van der Waals surface area (Å²) in [5.41, 5.74) is 2.48. The van der Waals surface area contributed by atoms with Crippen molar-refractivity contribution >= 4 is 10.9 Å². The highest BCUT2D eigenvalue weighted by Crippen LogP contribution is 2.38. The molecule has 0 aliphatic carbocycles. The standard InChI is InChI=1S/C22H17FN2O2/c23-16-8-5-14(6-9-16)18(13-19-20(26)4-2-11-24-19)17-10-7-15-3-1-12-25-21(15)22(17)27/h1-12,18,26-27H,13H2. The van der Waals surface area contributed by atoms with Gasteiger partial charge in [-0.15, -0.1) is 0 Å². The van der Waals surface area contributed by atoms with Gasteiger partial charge in [0, 0.05) is 35.7 Å². The Hall–Kier alpha value is -3.47. The van der Waals surface area contributed by atoms with Crippen LogP contribution in [-0.2, 0) is 6.42 Å². The highest BCUT2D eigenvalue weighted by atomic mass is 19.1. The van der Waals surface area contributed by atoms with Crippen LogP contribution in [0, 0.1) is 5.82 Å². The first-order valence-electron chi connectivity index (χ1n) is 8.58. The summed E-state index contributed by atoms with van der Waals surface area (Å²) < 4.78 is 13.4. The summed E-state index contributed by atoms with van der Waals surface area (Å²) in [5, 5.41) is 21.8. The molecule has 5 heteroatoms. The highest BCUT2D eigenvalue weighted by molar-refractivity contribution is 5.85. The van der Waals surface area contributed by atoms with Crippen LogP contribution in [0.5, 0.6) is 11.5 Å². The maximum atomic E-state index is 13.4. The van der Waals surface area contributed by atoms with Crippen LogP contribution in [-0.4, -0.2) is 20.2 Å². The van der Waals surface area contributed by atoms with Gasteiger partial charge in [0.05, 0.1) is 5.69 Å². The van der Waals surface area contributed by atoms with Crippen LogP contribution in [0.15, 0.2) is 73.1 Å². The number of rotatable bonds is 4. The van der Waals surface area contributed by atoms with Crippen molar-refractivity contribution in [3.8, 4) is 11.5 Å². The molecule has 1 atom stereocenters. The van der Waals surface area contributed by atoms with Gasteiger partial charge in [0.2, 0.25) is 0 Å². The van der Waals surface area contributed by atoms with Crippen LogP contribution in [0.2, 0.25) is 0 Å². The molecule has 2 heterocycles. The molecule has 0 aliphatic heterocycles. The van der Waals surface area contributed by atoms with Gasteiger partial charge >= 0.3 is 0 Å². The van der Waals surface area contributed by atoms with E-state index in [1.54, 1.807) is 36.7 Å². The lowest BCUT2D eigenvalue weighted by atomic mass is 9.86. The predicted octanol–water partition coefficient (Wildman–Crippen LogP) is 4.55. The fourth-order valence-corrected chi connectivity index (χ4v) is 3.31. The van der Waals surface area contributed by atoms with E-state index in [4.69, 9.17) is 0 Å². The second kappa shape index (κ2) is 7.03. The van der Waals surface area contributed by atoms with Crippen LogP contribution in [0.25, 0.3) is 10.9 Å². The largest absolute Gasteiger partial charge is 0.506 e.